The van der Waals surface area contributed by atoms with E-state index in [4.69, 9.17) is 14.2 Å². The fourth-order valence-electron chi connectivity index (χ4n) is 4.58. The molecule has 2 aliphatic carbocycles. The van der Waals surface area contributed by atoms with Gasteiger partial charge in [0.25, 0.3) is 0 Å². The standard InChI is InChI=1S/C26H32O4/c27-26(30-25-17-11-21(12-18-25)20-7-3-1-4-8-20)22-13-15-24(16-14-22)29-19-28-23-9-5-2-6-10-23/h1,3-4,7-8,13-16,21,23,25H,2,5-6,9-12,17-19H2. The summed E-state index contributed by atoms with van der Waals surface area (Å²) in [6.07, 6.45) is 10.4. The Bertz CT molecular complexity index is 772. The van der Waals surface area contributed by atoms with Gasteiger partial charge in [-0.25, -0.2) is 4.79 Å². The highest BCUT2D eigenvalue weighted by molar-refractivity contribution is 5.89. The Labute approximate surface area is 179 Å². The van der Waals surface area contributed by atoms with Crippen LogP contribution in [0, 0.1) is 0 Å². The van der Waals surface area contributed by atoms with Gasteiger partial charge in [0.05, 0.1) is 11.7 Å². The molecule has 2 aromatic rings. The van der Waals surface area contributed by atoms with Gasteiger partial charge >= 0.3 is 5.97 Å². The molecule has 0 bridgehead atoms. The molecule has 160 valence electrons. The molecule has 0 atom stereocenters. The SMILES string of the molecule is O=C(OC1CCC(c2ccccc2)CC1)c1ccc(OCOC2CCCCC2)cc1. The maximum atomic E-state index is 12.5. The maximum absolute atomic E-state index is 12.5. The summed E-state index contributed by atoms with van der Waals surface area (Å²) in [6, 6.07) is 17.8. The Balaban J connectivity index is 1.19. The molecule has 0 heterocycles. The van der Waals surface area contributed by atoms with Gasteiger partial charge in [-0.15, -0.1) is 0 Å². The number of ether oxygens (including phenoxy) is 3. The van der Waals surface area contributed by atoms with Crippen LogP contribution in [0.15, 0.2) is 54.6 Å². The first-order valence-corrected chi connectivity index (χ1v) is 11.4. The van der Waals surface area contributed by atoms with Crippen molar-refractivity contribution in [3.63, 3.8) is 0 Å². The molecule has 4 heteroatoms. The highest BCUT2D eigenvalue weighted by Gasteiger charge is 2.25. The lowest BCUT2D eigenvalue weighted by Crippen LogP contribution is -2.24. The van der Waals surface area contributed by atoms with E-state index in [-0.39, 0.29) is 18.9 Å². The van der Waals surface area contributed by atoms with Crippen molar-refractivity contribution in [2.45, 2.75) is 75.9 Å². The summed E-state index contributed by atoms with van der Waals surface area (Å²) in [5.74, 6) is 1.04. The van der Waals surface area contributed by atoms with Crippen molar-refractivity contribution >= 4 is 5.97 Å². The molecular weight excluding hydrogens is 376 g/mol. The second kappa shape index (κ2) is 10.6. The van der Waals surface area contributed by atoms with Crippen molar-refractivity contribution in [1.82, 2.24) is 0 Å². The van der Waals surface area contributed by atoms with Crippen molar-refractivity contribution < 1.29 is 19.0 Å². The molecule has 0 spiro atoms. The van der Waals surface area contributed by atoms with Gasteiger partial charge < -0.3 is 14.2 Å². The molecule has 0 aromatic heterocycles. The summed E-state index contributed by atoms with van der Waals surface area (Å²) in [4.78, 5) is 12.5. The summed E-state index contributed by atoms with van der Waals surface area (Å²) < 4.78 is 17.2. The number of rotatable bonds is 7. The molecule has 0 radical (unpaired) electrons. The fourth-order valence-corrected chi connectivity index (χ4v) is 4.58. The van der Waals surface area contributed by atoms with E-state index in [0.29, 0.717) is 23.3 Å². The molecule has 2 fully saturated rings. The lowest BCUT2D eigenvalue weighted by Gasteiger charge is -2.28. The number of carbonyl (C=O) groups excluding carboxylic acids is 1. The first kappa shape index (κ1) is 20.9. The molecule has 4 rings (SSSR count). The molecule has 0 N–H and O–H groups in total. The monoisotopic (exact) mass is 408 g/mol. The van der Waals surface area contributed by atoms with Gasteiger partial charge in [0.2, 0.25) is 0 Å². The highest BCUT2D eigenvalue weighted by Crippen LogP contribution is 2.34. The number of hydrogen-bond acceptors (Lipinski definition) is 4. The zero-order valence-electron chi connectivity index (χ0n) is 17.6. The predicted molar refractivity (Wildman–Crippen MR) is 117 cm³/mol. The van der Waals surface area contributed by atoms with Gasteiger partial charge in [0.15, 0.2) is 6.79 Å². The average Bonchev–Trinajstić information content (AvgIpc) is 2.81. The van der Waals surface area contributed by atoms with E-state index < -0.39 is 0 Å². The van der Waals surface area contributed by atoms with E-state index >= 15 is 0 Å². The minimum absolute atomic E-state index is 0.0114. The van der Waals surface area contributed by atoms with Crippen molar-refractivity contribution in [2.24, 2.45) is 0 Å². The number of benzene rings is 2. The summed E-state index contributed by atoms with van der Waals surface area (Å²) in [6.45, 7) is 0.263. The molecule has 0 saturated heterocycles. The molecule has 4 nitrogen and oxygen atoms in total. The van der Waals surface area contributed by atoms with E-state index in [0.717, 1.165) is 38.5 Å². The summed E-state index contributed by atoms with van der Waals surface area (Å²) in [7, 11) is 0. The molecular formula is C26H32O4. The Morgan fingerprint density at radius 2 is 1.47 bits per heavy atom. The van der Waals surface area contributed by atoms with Crippen molar-refractivity contribution in [3.05, 3.63) is 65.7 Å². The number of carbonyl (C=O) groups is 1. The van der Waals surface area contributed by atoms with E-state index in [9.17, 15) is 4.79 Å². The third kappa shape index (κ3) is 5.85. The summed E-state index contributed by atoms with van der Waals surface area (Å²) in [5, 5.41) is 0. The lowest BCUT2D eigenvalue weighted by molar-refractivity contribution is -0.0496. The average molecular weight is 409 g/mol. The Morgan fingerprint density at radius 1 is 0.767 bits per heavy atom. The van der Waals surface area contributed by atoms with Gasteiger partial charge in [-0.3, -0.25) is 0 Å². The molecule has 0 amide bonds. The molecule has 0 aliphatic heterocycles. The summed E-state index contributed by atoms with van der Waals surface area (Å²) >= 11 is 0. The van der Waals surface area contributed by atoms with Crippen LogP contribution in [0.4, 0.5) is 0 Å². The van der Waals surface area contributed by atoms with Crippen molar-refractivity contribution in [2.75, 3.05) is 6.79 Å². The van der Waals surface area contributed by atoms with Gasteiger partial charge in [-0.05, 0) is 74.3 Å². The second-order valence-corrected chi connectivity index (χ2v) is 8.50. The van der Waals surface area contributed by atoms with Gasteiger partial charge in [0, 0.05) is 0 Å². The third-order valence-corrected chi connectivity index (χ3v) is 6.39. The highest BCUT2D eigenvalue weighted by atomic mass is 16.7. The Hall–Kier alpha value is -2.33. The maximum Gasteiger partial charge on any atom is 0.338 e. The van der Waals surface area contributed by atoms with Crippen LogP contribution in [0.2, 0.25) is 0 Å². The van der Waals surface area contributed by atoms with E-state index in [1.165, 1.54) is 24.8 Å². The normalized spacial score (nSPS) is 22.4. The molecule has 30 heavy (non-hydrogen) atoms. The zero-order valence-corrected chi connectivity index (χ0v) is 17.6. The van der Waals surface area contributed by atoms with Gasteiger partial charge in [0.1, 0.15) is 11.9 Å². The van der Waals surface area contributed by atoms with Crippen LogP contribution in [0.5, 0.6) is 5.75 Å². The topological polar surface area (TPSA) is 44.8 Å². The Morgan fingerprint density at radius 3 is 2.17 bits per heavy atom. The molecule has 2 aromatic carbocycles. The Kier molecular flexibility index (Phi) is 7.41. The third-order valence-electron chi connectivity index (χ3n) is 6.39. The summed E-state index contributed by atoms with van der Waals surface area (Å²) in [5.41, 5.74) is 1.96. The van der Waals surface area contributed by atoms with Crippen molar-refractivity contribution in [3.8, 4) is 5.75 Å². The van der Waals surface area contributed by atoms with Crippen LogP contribution in [0.3, 0.4) is 0 Å². The van der Waals surface area contributed by atoms with Crippen molar-refractivity contribution in [1.29, 1.82) is 0 Å². The second-order valence-electron chi connectivity index (χ2n) is 8.50. The minimum Gasteiger partial charge on any atom is -0.468 e. The number of esters is 1. The first-order valence-electron chi connectivity index (χ1n) is 11.4. The van der Waals surface area contributed by atoms with Crippen LogP contribution >= 0.6 is 0 Å². The van der Waals surface area contributed by atoms with Crippen LogP contribution in [-0.4, -0.2) is 25.0 Å². The predicted octanol–water partition coefficient (Wildman–Crippen LogP) is 6.26. The largest absolute Gasteiger partial charge is 0.468 e. The van der Waals surface area contributed by atoms with Crippen LogP contribution in [-0.2, 0) is 9.47 Å². The molecule has 0 unspecified atom stereocenters. The zero-order chi connectivity index (χ0) is 20.6. The van der Waals surface area contributed by atoms with Gasteiger partial charge in [-0.1, -0.05) is 49.6 Å². The van der Waals surface area contributed by atoms with E-state index in [1.807, 2.05) is 12.1 Å². The first-order chi connectivity index (χ1) is 14.8. The molecule has 2 saturated carbocycles. The molecule has 2 aliphatic rings. The lowest BCUT2D eigenvalue weighted by atomic mass is 9.83. The van der Waals surface area contributed by atoms with E-state index in [2.05, 4.69) is 30.3 Å². The van der Waals surface area contributed by atoms with E-state index in [1.54, 1.807) is 12.1 Å². The van der Waals surface area contributed by atoms with Crippen LogP contribution in [0.1, 0.15) is 79.6 Å². The van der Waals surface area contributed by atoms with Crippen LogP contribution in [0.25, 0.3) is 0 Å². The smallest absolute Gasteiger partial charge is 0.338 e. The van der Waals surface area contributed by atoms with Crippen LogP contribution < -0.4 is 4.74 Å². The number of hydrogen-bond donors (Lipinski definition) is 0. The van der Waals surface area contributed by atoms with Gasteiger partial charge in [-0.2, -0.15) is 0 Å². The fraction of sp³-hybridized carbons (Fsp3) is 0.500. The minimum atomic E-state index is -0.247. The quantitative estimate of drug-likeness (QED) is 0.401.